The number of nitrogens with zero attached hydrogens (tertiary/aromatic N) is 5. The summed E-state index contributed by atoms with van der Waals surface area (Å²) in [6.07, 6.45) is 3.82. The van der Waals surface area contributed by atoms with Gasteiger partial charge in [0.1, 0.15) is 5.82 Å². The van der Waals surface area contributed by atoms with Gasteiger partial charge in [0.15, 0.2) is 5.13 Å². The molecule has 2 saturated heterocycles. The Hall–Kier alpha value is -2.81. The molecule has 1 aromatic carbocycles. The number of rotatable bonds is 6. The molecule has 1 N–H and O–H groups in total. The standard InChI is InChI=1S/C26H32N6OS/c1-30-14-16-31(17-15-30)19-25(33)32-12-10-20(11-13-32)22-8-5-9-24(28-22)29-26-27-18-23(34-26)21-6-3-2-4-7-21/h2-9,18,20H,10-17,19H2,1H3,(H,27,28,29). The normalized spacial score (nSPS) is 18.2. The summed E-state index contributed by atoms with van der Waals surface area (Å²) in [5.41, 5.74) is 2.26. The molecule has 0 radical (unpaired) electrons. The van der Waals surface area contributed by atoms with Crippen LogP contribution in [0, 0.1) is 0 Å². The van der Waals surface area contributed by atoms with E-state index < -0.39 is 0 Å². The van der Waals surface area contributed by atoms with Crippen molar-refractivity contribution < 1.29 is 4.79 Å². The zero-order valence-corrected chi connectivity index (χ0v) is 20.5. The highest BCUT2D eigenvalue weighted by molar-refractivity contribution is 7.18. The molecule has 2 aromatic heterocycles. The smallest absolute Gasteiger partial charge is 0.236 e. The van der Waals surface area contributed by atoms with Crippen LogP contribution in [0.4, 0.5) is 10.9 Å². The van der Waals surface area contributed by atoms with Crippen molar-refractivity contribution in [1.82, 2.24) is 24.7 Å². The number of hydrogen-bond acceptors (Lipinski definition) is 7. The predicted molar refractivity (Wildman–Crippen MR) is 138 cm³/mol. The third-order valence-corrected chi connectivity index (χ3v) is 7.75. The van der Waals surface area contributed by atoms with Crippen molar-refractivity contribution in [3.05, 3.63) is 60.4 Å². The third kappa shape index (κ3) is 5.63. The van der Waals surface area contributed by atoms with Crippen LogP contribution in [0.3, 0.4) is 0 Å². The summed E-state index contributed by atoms with van der Waals surface area (Å²) in [5.74, 6) is 1.47. The summed E-state index contributed by atoms with van der Waals surface area (Å²) in [7, 11) is 2.14. The molecule has 2 aliphatic rings. The topological polar surface area (TPSA) is 64.6 Å². The lowest BCUT2D eigenvalue weighted by Crippen LogP contribution is -2.50. The van der Waals surface area contributed by atoms with E-state index in [0.29, 0.717) is 12.5 Å². The van der Waals surface area contributed by atoms with Crippen LogP contribution in [0.5, 0.6) is 0 Å². The van der Waals surface area contributed by atoms with Gasteiger partial charge in [0.25, 0.3) is 0 Å². The van der Waals surface area contributed by atoms with E-state index in [1.165, 1.54) is 5.56 Å². The van der Waals surface area contributed by atoms with Crippen LogP contribution in [-0.2, 0) is 4.79 Å². The molecule has 4 heterocycles. The van der Waals surface area contributed by atoms with Crippen LogP contribution in [0.25, 0.3) is 10.4 Å². The minimum Gasteiger partial charge on any atom is -0.342 e. The highest BCUT2D eigenvalue weighted by Crippen LogP contribution is 2.31. The Morgan fingerprint density at radius 3 is 2.53 bits per heavy atom. The molecule has 0 atom stereocenters. The van der Waals surface area contributed by atoms with E-state index in [2.05, 4.69) is 51.4 Å². The van der Waals surface area contributed by atoms with Crippen molar-refractivity contribution in [2.24, 2.45) is 0 Å². The second-order valence-electron chi connectivity index (χ2n) is 9.20. The molecule has 34 heavy (non-hydrogen) atoms. The zero-order chi connectivity index (χ0) is 23.3. The zero-order valence-electron chi connectivity index (χ0n) is 19.7. The van der Waals surface area contributed by atoms with Crippen molar-refractivity contribution in [3.8, 4) is 10.4 Å². The van der Waals surface area contributed by atoms with Gasteiger partial charge in [-0.1, -0.05) is 47.7 Å². The van der Waals surface area contributed by atoms with Crippen molar-refractivity contribution in [2.75, 3.05) is 58.2 Å². The van der Waals surface area contributed by atoms with E-state index in [1.807, 2.05) is 35.4 Å². The number of benzene rings is 1. The number of carbonyl (C=O) groups is 1. The summed E-state index contributed by atoms with van der Waals surface area (Å²) in [6, 6.07) is 16.4. The highest BCUT2D eigenvalue weighted by Gasteiger charge is 2.26. The number of nitrogens with one attached hydrogen (secondary N) is 1. The number of anilines is 2. The van der Waals surface area contributed by atoms with Crippen LogP contribution in [0.2, 0.25) is 0 Å². The molecule has 0 unspecified atom stereocenters. The van der Waals surface area contributed by atoms with Crippen molar-refractivity contribution in [2.45, 2.75) is 18.8 Å². The molecule has 178 valence electrons. The Kier molecular flexibility index (Phi) is 7.18. The molecule has 2 aliphatic heterocycles. The van der Waals surface area contributed by atoms with Gasteiger partial charge in [0, 0.05) is 57.1 Å². The molecule has 5 rings (SSSR count). The van der Waals surface area contributed by atoms with Crippen LogP contribution in [0.1, 0.15) is 24.5 Å². The fourth-order valence-corrected chi connectivity index (χ4v) is 5.48. The Labute approximate surface area is 205 Å². The lowest BCUT2D eigenvalue weighted by Gasteiger charge is -2.36. The largest absolute Gasteiger partial charge is 0.342 e. The number of pyridine rings is 1. The molecule has 7 nitrogen and oxygen atoms in total. The van der Waals surface area contributed by atoms with Crippen molar-refractivity contribution in [1.29, 1.82) is 0 Å². The van der Waals surface area contributed by atoms with Gasteiger partial charge in [-0.25, -0.2) is 9.97 Å². The molecular formula is C26H32N6OS. The number of hydrogen-bond donors (Lipinski definition) is 1. The molecule has 0 spiro atoms. The SMILES string of the molecule is CN1CCN(CC(=O)N2CCC(c3cccc(Nc4ncc(-c5ccccc5)s4)n3)CC2)CC1. The van der Waals surface area contributed by atoms with Gasteiger partial charge < -0.3 is 15.1 Å². The van der Waals surface area contributed by atoms with Gasteiger partial charge in [-0.3, -0.25) is 9.69 Å². The van der Waals surface area contributed by atoms with Gasteiger partial charge in [-0.05, 0) is 37.6 Å². The second kappa shape index (κ2) is 10.6. The Bertz CT molecular complexity index is 1090. The van der Waals surface area contributed by atoms with E-state index in [-0.39, 0.29) is 5.91 Å². The maximum atomic E-state index is 12.8. The van der Waals surface area contributed by atoms with Crippen molar-refractivity contribution in [3.63, 3.8) is 0 Å². The number of piperidine rings is 1. The van der Waals surface area contributed by atoms with Crippen LogP contribution < -0.4 is 5.32 Å². The maximum absolute atomic E-state index is 12.8. The number of amides is 1. The van der Waals surface area contributed by atoms with Crippen LogP contribution >= 0.6 is 11.3 Å². The molecule has 2 fully saturated rings. The molecule has 0 saturated carbocycles. The molecule has 1 amide bonds. The van der Waals surface area contributed by atoms with Crippen molar-refractivity contribution >= 4 is 28.2 Å². The van der Waals surface area contributed by atoms with Gasteiger partial charge in [0.2, 0.25) is 5.91 Å². The molecule has 0 bridgehead atoms. The number of piperazine rings is 1. The molecule has 8 heteroatoms. The number of aromatic nitrogens is 2. The molecule has 3 aromatic rings. The Morgan fingerprint density at radius 1 is 1.00 bits per heavy atom. The molecular weight excluding hydrogens is 444 g/mol. The highest BCUT2D eigenvalue weighted by atomic mass is 32.1. The maximum Gasteiger partial charge on any atom is 0.236 e. The first kappa shape index (κ1) is 23.0. The minimum absolute atomic E-state index is 0.268. The van der Waals surface area contributed by atoms with E-state index in [1.54, 1.807) is 11.3 Å². The number of carbonyl (C=O) groups excluding carboxylic acids is 1. The van der Waals surface area contributed by atoms with Crippen LogP contribution in [-0.4, -0.2) is 83.4 Å². The lowest BCUT2D eigenvalue weighted by atomic mass is 9.93. The fourth-order valence-electron chi connectivity index (χ4n) is 4.65. The summed E-state index contributed by atoms with van der Waals surface area (Å²) in [4.78, 5) is 30.0. The van der Waals surface area contributed by atoms with Gasteiger partial charge in [-0.15, -0.1) is 0 Å². The third-order valence-electron chi connectivity index (χ3n) is 6.79. The van der Waals surface area contributed by atoms with Gasteiger partial charge in [0.05, 0.1) is 11.4 Å². The summed E-state index contributed by atoms with van der Waals surface area (Å²) >= 11 is 1.63. The number of thiazole rings is 1. The fraction of sp³-hybridized carbons (Fsp3) is 0.423. The van der Waals surface area contributed by atoms with Gasteiger partial charge >= 0.3 is 0 Å². The number of likely N-dealkylation sites (N-methyl/N-ethyl adjacent to an activating group) is 1. The average Bonchev–Trinajstić information content (AvgIpc) is 3.35. The summed E-state index contributed by atoms with van der Waals surface area (Å²) in [6.45, 7) is 6.21. The predicted octanol–water partition coefficient (Wildman–Crippen LogP) is 3.90. The van der Waals surface area contributed by atoms with E-state index in [4.69, 9.17) is 4.98 Å². The van der Waals surface area contributed by atoms with E-state index >= 15 is 0 Å². The summed E-state index contributed by atoms with van der Waals surface area (Å²) < 4.78 is 0. The second-order valence-corrected chi connectivity index (χ2v) is 10.2. The average molecular weight is 477 g/mol. The quantitative estimate of drug-likeness (QED) is 0.582. The van der Waals surface area contributed by atoms with Gasteiger partial charge in [-0.2, -0.15) is 0 Å². The van der Waals surface area contributed by atoms with E-state index in [9.17, 15) is 4.79 Å². The first-order valence-corrected chi connectivity index (χ1v) is 12.9. The lowest BCUT2D eigenvalue weighted by molar-refractivity contribution is -0.133. The molecule has 0 aliphatic carbocycles. The Balaban J connectivity index is 1.15. The van der Waals surface area contributed by atoms with E-state index in [0.717, 1.165) is 73.6 Å². The summed E-state index contributed by atoms with van der Waals surface area (Å²) in [5, 5.41) is 4.21. The Morgan fingerprint density at radius 2 is 1.76 bits per heavy atom. The number of likely N-dealkylation sites (tertiary alicyclic amines) is 1. The van der Waals surface area contributed by atoms with Crippen LogP contribution in [0.15, 0.2) is 54.7 Å². The first-order chi connectivity index (χ1) is 16.6. The first-order valence-electron chi connectivity index (χ1n) is 12.1. The monoisotopic (exact) mass is 476 g/mol. The minimum atomic E-state index is 0.268.